The predicted molar refractivity (Wildman–Crippen MR) is 79.4 cm³/mol. The van der Waals surface area contributed by atoms with Gasteiger partial charge in [-0.1, -0.05) is 6.92 Å². The molecule has 0 fully saturated rings. The first-order chi connectivity index (χ1) is 9.76. The maximum Gasteiger partial charge on any atom is 0.119 e. The van der Waals surface area contributed by atoms with Gasteiger partial charge in [-0.25, -0.2) is 0 Å². The highest BCUT2D eigenvalue weighted by atomic mass is 16.5. The zero-order chi connectivity index (χ0) is 14.6. The molecule has 0 aliphatic rings. The lowest BCUT2D eigenvalue weighted by Crippen LogP contribution is -2.25. The van der Waals surface area contributed by atoms with Gasteiger partial charge in [0.1, 0.15) is 5.75 Å². The molecule has 0 amide bonds. The number of nitrogens with one attached hydrogen (secondary N) is 1. The Kier molecular flexibility index (Phi) is 8.78. The monoisotopic (exact) mass is 283 g/mol. The largest absolute Gasteiger partial charge is 0.494 e. The summed E-state index contributed by atoms with van der Waals surface area (Å²) in [5, 5.41) is 12.9. The fourth-order valence-corrected chi connectivity index (χ4v) is 1.55. The number of anilines is 1. The van der Waals surface area contributed by atoms with E-state index in [0.29, 0.717) is 26.4 Å². The second-order valence-corrected chi connectivity index (χ2v) is 4.48. The first-order valence-corrected chi connectivity index (χ1v) is 6.97. The van der Waals surface area contributed by atoms with Crippen LogP contribution < -0.4 is 10.1 Å². The van der Waals surface area contributed by atoms with Gasteiger partial charge in [0.2, 0.25) is 0 Å². The van der Waals surface area contributed by atoms with Crippen LogP contribution in [0.2, 0.25) is 0 Å². The van der Waals surface area contributed by atoms with Crippen LogP contribution >= 0.6 is 0 Å². The Hall–Kier alpha value is -1.30. The quantitative estimate of drug-likeness (QED) is 0.608. The lowest BCUT2D eigenvalue weighted by Gasteiger charge is -2.13. The third-order valence-corrected chi connectivity index (χ3v) is 2.61. The number of methoxy groups -OCH3 is 1. The van der Waals surface area contributed by atoms with Crippen molar-refractivity contribution in [2.24, 2.45) is 0 Å². The van der Waals surface area contributed by atoms with Crippen LogP contribution in [0.15, 0.2) is 24.3 Å². The van der Waals surface area contributed by atoms with E-state index in [-0.39, 0.29) is 0 Å². The topological polar surface area (TPSA) is 60.0 Å². The van der Waals surface area contributed by atoms with Crippen molar-refractivity contribution < 1.29 is 19.3 Å². The molecule has 0 heterocycles. The first kappa shape index (κ1) is 16.8. The number of hydrogen-bond acceptors (Lipinski definition) is 5. The molecule has 5 heteroatoms. The van der Waals surface area contributed by atoms with E-state index >= 15 is 0 Å². The van der Waals surface area contributed by atoms with Crippen LogP contribution in [0.1, 0.15) is 13.3 Å². The van der Waals surface area contributed by atoms with Gasteiger partial charge in [-0.2, -0.15) is 0 Å². The predicted octanol–water partition coefficient (Wildman–Crippen LogP) is 1.91. The number of aliphatic hydroxyl groups is 1. The minimum Gasteiger partial charge on any atom is -0.494 e. The third-order valence-electron chi connectivity index (χ3n) is 2.61. The van der Waals surface area contributed by atoms with Gasteiger partial charge >= 0.3 is 0 Å². The molecule has 114 valence electrons. The normalized spacial score (nSPS) is 12.2. The smallest absolute Gasteiger partial charge is 0.119 e. The fourth-order valence-electron chi connectivity index (χ4n) is 1.55. The maximum absolute atomic E-state index is 9.73. The van der Waals surface area contributed by atoms with E-state index in [2.05, 4.69) is 12.2 Å². The highest BCUT2D eigenvalue weighted by Crippen LogP contribution is 2.15. The maximum atomic E-state index is 9.73. The van der Waals surface area contributed by atoms with E-state index in [4.69, 9.17) is 14.2 Å². The SMILES string of the molecule is CCCOc1ccc(NCC(O)COCCOC)cc1. The molecule has 20 heavy (non-hydrogen) atoms. The van der Waals surface area contributed by atoms with Gasteiger partial charge < -0.3 is 24.6 Å². The minimum absolute atomic E-state index is 0.300. The van der Waals surface area contributed by atoms with E-state index in [1.54, 1.807) is 7.11 Å². The van der Waals surface area contributed by atoms with Crippen LogP contribution in [0, 0.1) is 0 Å². The van der Waals surface area contributed by atoms with E-state index < -0.39 is 6.10 Å². The van der Waals surface area contributed by atoms with Crippen molar-refractivity contribution in [1.82, 2.24) is 0 Å². The average molecular weight is 283 g/mol. The molecule has 0 bridgehead atoms. The fraction of sp³-hybridized carbons (Fsp3) is 0.600. The number of benzene rings is 1. The van der Waals surface area contributed by atoms with Crippen molar-refractivity contribution >= 4 is 5.69 Å². The van der Waals surface area contributed by atoms with Gasteiger partial charge in [-0.05, 0) is 30.7 Å². The zero-order valence-electron chi connectivity index (χ0n) is 12.3. The van der Waals surface area contributed by atoms with E-state index in [1.807, 2.05) is 24.3 Å². The Morgan fingerprint density at radius 3 is 2.55 bits per heavy atom. The molecule has 0 saturated heterocycles. The van der Waals surface area contributed by atoms with Crippen molar-refractivity contribution in [3.63, 3.8) is 0 Å². The van der Waals surface area contributed by atoms with Gasteiger partial charge in [0.05, 0.1) is 32.5 Å². The Labute approximate surface area is 120 Å². The molecule has 1 rings (SSSR count). The summed E-state index contributed by atoms with van der Waals surface area (Å²) in [5.74, 6) is 0.862. The number of aliphatic hydroxyl groups excluding tert-OH is 1. The number of hydrogen-bond donors (Lipinski definition) is 2. The van der Waals surface area contributed by atoms with Crippen molar-refractivity contribution in [1.29, 1.82) is 0 Å². The van der Waals surface area contributed by atoms with Crippen LogP contribution in [0.3, 0.4) is 0 Å². The molecule has 1 unspecified atom stereocenters. The summed E-state index contributed by atoms with van der Waals surface area (Å²) in [6, 6.07) is 7.70. The van der Waals surface area contributed by atoms with Crippen molar-refractivity contribution in [2.45, 2.75) is 19.4 Å². The molecule has 1 aromatic carbocycles. The number of ether oxygens (including phenoxy) is 3. The molecule has 0 aliphatic heterocycles. The van der Waals surface area contributed by atoms with Crippen molar-refractivity contribution in [3.05, 3.63) is 24.3 Å². The molecule has 0 saturated carbocycles. The molecule has 5 nitrogen and oxygen atoms in total. The number of rotatable bonds is 11. The lowest BCUT2D eigenvalue weighted by atomic mass is 10.3. The Bertz CT molecular complexity index is 342. The van der Waals surface area contributed by atoms with Gasteiger partial charge in [-0.3, -0.25) is 0 Å². The van der Waals surface area contributed by atoms with Crippen molar-refractivity contribution in [3.8, 4) is 5.75 Å². The summed E-state index contributed by atoms with van der Waals surface area (Å²) in [6.45, 7) is 4.59. The highest BCUT2D eigenvalue weighted by Gasteiger charge is 2.04. The Morgan fingerprint density at radius 1 is 1.15 bits per heavy atom. The van der Waals surface area contributed by atoms with Gasteiger partial charge in [0.15, 0.2) is 0 Å². The van der Waals surface area contributed by atoms with Crippen LogP contribution in [0.5, 0.6) is 5.75 Å². The van der Waals surface area contributed by atoms with Gasteiger partial charge in [0.25, 0.3) is 0 Å². The Morgan fingerprint density at radius 2 is 1.90 bits per heavy atom. The summed E-state index contributed by atoms with van der Waals surface area (Å²) in [5.41, 5.74) is 0.949. The summed E-state index contributed by atoms with van der Waals surface area (Å²) < 4.78 is 15.6. The molecular formula is C15H25NO4. The summed E-state index contributed by atoms with van der Waals surface area (Å²) in [4.78, 5) is 0. The molecule has 1 aromatic rings. The van der Waals surface area contributed by atoms with Crippen LogP contribution in [0.4, 0.5) is 5.69 Å². The molecule has 2 N–H and O–H groups in total. The van der Waals surface area contributed by atoms with Gasteiger partial charge in [-0.15, -0.1) is 0 Å². The second kappa shape index (κ2) is 10.5. The summed E-state index contributed by atoms with van der Waals surface area (Å²) in [7, 11) is 1.62. The van der Waals surface area contributed by atoms with E-state index in [0.717, 1.165) is 24.5 Å². The van der Waals surface area contributed by atoms with E-state index in [9.17, 15) is 5.11 Å². The molecule has 1 atom stereocenters. The summed E-state index contributed by atoms with van der Waals surface area (Å²) >= 11 is 0. The van der Waals surface area contributed by atoms with Crippen LogP contribution in [-0.2, 0) is 9.47 Å². The Balaban J connectivity index is 2.20. The highest BCUT2D eigenvalue weighted by molar-refractivity contribution is 5.46. The molecule has 0 spiro atoms. The average Bonchev–Trinajstić information content (AvgIpc) is 2.48. The second-order valence-electron chi connectivity index (χ2n) is 4.48. The van der Waals surface area contributed by atoms with E-state index in [1.165, 1.54) is 0 Å². The molecular weight excluding hydrogens is 258 g/mol. The third kappa shape index (κ3) is 7.33. The molecule has 0 aliphatic carbocycles. The van der Waals surface area contributed by atoms with Crippen molar-refractivity contribution in [2.75, 3.05) is 45.4 Å². The minimum atomic E-state index is -0.539. The van der Waals surface area contributed by atoms with Gasteiger partial charge in [0, 0.05) is 19.3 Å². The standard InChI is InChI=1S/C15H25NO4/c1-3-8-20-15-6-4-13(5-7-15)16-11-14(17)12-19-10-9-18-2/h4-7,14,16-17H,3,8-12H2,1-2H3. The molecule has 0 aromatic heterocycles. The lowest BCUT2D eigenvalue weighted by molar-refractivity contribution is 0.0182. The zero-order valence-corrected chi connectivity index (χ0v) is 12.3. The molecule has 0 radical (unpaired) electrons. The van der Waals surface area contributed by atoms with Crippen LogP contribution in [-0.4, -0.2) is 51.3 Å². The van der Waals surface area contributed by atoms with Crippen LogP contribution in [0.25, 0.3) is 0 Å². The first-order valence-electron chi connectivity index (χ1n) is 6.97. The summed E-state index contributed by atoms with van der Waals surface area (Å²) in [6.07, 6.45) is 0.456.